The standard InChI is InChI=1S/C30H36N2O3/c1-20(2)25-16-10-15-23(30(25)35-3)18-31-28-24(17-26(33)34)19-32-29(28)27(21-11-6-4-7-12-21)22-13-8-5-9-14-22/h4-16,20,24,27-29,31-32H,17-19H2,1-3H3,(H,33,34). The van der Waals surface area contributed by atoms with Gasteiger partial charge in [0.05, 0.1) is 13.5 Å². The molecule has 5 nitrogen and oxygen atoms in total. The molecular weight excluding hydrogens is 436 g/mol. The van der Waals surface area contributed by atoms with Gasteiger partial charge in [-0.15, -0.1) is 0 Å². The van der Waals surface area contributed by atoms with Crippen LogP contribution in [0.15, 0.2) is 78.9 Å². The maximum atomic E-state index is 11.7. The zero-order valence-corrected chi connectivity index (χ0v) is 20.8. The number of benzene rings is 3. The van der Waals surface area contributed by atoms with E-state index in [0.29, 0.717) is 19.0 Å². The Balaban J connectivity index is 1.68. The number of carboxylic acids is 1. The summed E-state index contributed by atoms with van der Waals surface area (Å²) in [5.74, 6) is 0.574. The summed E-state index contributed by atoms with van der Waals surface area (Å²) in [6, 6.07) is 27.3. The van der Waals surface area contributed by atoms with Gasteiger partial charge in [0.2, 0.25) is 0 Å². The van der Waals surface area contributed by atoms with Gasteiger partial charge >= 0.3 is 5.97 Å². The molecule has 1 aliphatic rings. The van der Waals surface area contributed by atoms with E-state index in [2.05, 4.69) is 91.2 Å². The van der Waals surface area contributed by atoms with Gasteiger partial charge in [-0.2, -0.15) is 0 Å². The topological polar surface area (TPSA) is 70.6 Å². The summed E-state index contributed by atoms with van der Waals surface area (Å²) in [7, 11) is 1.72. The van der Waals surface area contributed by atoms with E-state index in [1.165, 1.54) is 16.7 Å². The number of aliphatic carboxylic acids is 1. The third-order valence-electron chi connectivity index (χ3n) is 7.11. The van der Waals surface area contributed by atoms with E-state index in [4.69, 9.17) is 4.74 Å². The molecule has 0 saturated carbocycles. The molecule has 3 N–H and O–H groups in total. The van der Waals surface area contributed by atoms with Crippen LogP contribution in [0.1, 0.15) is 54.4 Å². The van der Waals surface area contributed by atoms with Crippen molar-refractivity contribution >= 4 is 5.97 Å². The van der Waals surface area contributed by atoms with E-state index in [-0.39, 0.29) is 30.3 Å². The monoisotopic (exact) mass is 472 g/mol. The number of rotatable bonds is 10. The molecule has 0 spiro atoms. The number of para-hydroxylation sites is 1. The molecule has 35 heavy (non-hydrogen) atoms. The Hall–Kier alpha value is -3.15. The SMILES string of the molecule is COc1c(CNC2C(CC(=O)O)CNC2C(c2ccccc2)c2ccccc2)cccc1C(C)C. The van der Waals surface area contributed by atoms with Crippen LogP contribution in [0, 0.1) is 5.92 Å². The molecule has 184 valence electrons. The van der Waals surface area contributed by atoms with Crippen LogP contribution in [0.25, 0.3) is 0 Å². The lowest BCUT2D eigenvalue weighted by Gasteiger charge is -2.32. The maximum Gasteiger partial charge on any atom is 0.303 e. The van der Waals surface area contributed by atoms with E-state index in [1.54, 1.807) is 7.11 Å². The molecule has 3 aromatic rings. The fraction of sp³-hybridized carbons (Fsp3) is 0.367. The minimum atomic E-state index is -0.764. The summed E-state index contributed by atoms with van der Waals surface area (Å²) >= 11 is 0. The summed E-state index contributed by atoms with van der Waals surface area (Å²) < 4.78 is 5.81. The number of carbonyl (C=O) groups is 1. The minimum absolute atomic E-state index is 0.0216. The van der Waals surface area contributed by atoms with E-state index in [9.17, 15) is 9.90 Å². The lowest BCUT2D eigenvalue weighted by Crippen LogP contribution is -2.47. The van der Waals surface area contributed by atoms with Crippen LogP contribution in [0.4, 0.5) is 0 Å². The fourth-order valence-corrected chi connectivity index (χ4v) is 5.48. The third-order valence-corrected chi connectivity index (χ3v) is 7.11. The van der Waals surface area contributed by atoms with Gasteiger partial charge in [-0.3, -0.25) is 4.79 Å². The van der Waals surface area contributed by atoms with Gasteiger partial charge in [-0.05, 0) is 28.5 Å². The van der Waals surface area contributed by atoms with Crippen LogP contribution >= 0.6 is 0 Å². The second-order valence-electron chi connectivity index (χ2n) is 9.69. The molecule has 1 fully saturated rings. The predicted molar refractivity (Wildman–Crippen MR) is 140 cm³/mol. The molecule has 3 atom stereocenters. The molecular formula is C30H36N2O3. The Kier molecular flexibility index (Phi) is 8.21. The summed E-state index contributed by atoms with van der Waals surface area (Å²) in [5, 5.41) is 17.1. The predicted octanol–water partition coefficient (Wildman–Crippen LogP) is 5.17. The first-order chi connectivity index (χ1) is 17.0. The van der Waals surface area contributed by atoms with Crippen LogP contribution in [0.5, 0.6) is 5.75 Å². The van der Waals surface area contributed by atoms with Crippen molar-refractivity contribution in [3.05, 3.63) is 101 Å². The number of ether oxygens (including phenoxy) is 1. The average Bonchev–Trinajstić information content (AvgIpc) is 3.24. The van der Waals surface area contributed by atoms with E-state index in [1.807, 2.05) is 12.1 Å². The molecule has 0 aliphatic carbocycles. The van der Waals surface area contributed by atoms with Gasteiger partial charge in [0.25, 0.3) is 0 Å². The fourth-order valence-electron chi connectivity index (χ4n) is 5.48. The number of nitrogens with one attached hydrogen (secondary N) is 2. The van der Waals surface area contributed by atoms with Crippen LogP contribution in [0.2, 0.25) is 0 Å². The zero-order valence-electron chi connectivity index (χ0n) is 20.8. The highest BCUT2D eigenvalue weighted by molar-refractivity contribution is 5.67. The van der Waals surface area contributed by atoms with Crippen LogP contribution in [-0.4, -0.2) is 36.8 Å². The van der Waals surface area contributed by atoms with Gasteiger partial charge in [-0.1, -0.05) is 92.7 Å². The Morgan fingerprint density at radius 1 is 1.00 bits per heavy atom. The minimum Gasteiger partial charge on any atom is -0.496 e. The first-order valence-corrected chi connectivity index (χ1v) is 12.4. The Morgan fingerprint density at radius 3 is 2.17 bits per heavy atom. The molecule has 1 heterocycles. The first-order valence-electron chi connectivity index (χ1n) is 12.4. The molecule has 0 amide bonds. The van der Waals surface area contributed by atoms with Crippen molar-refractivity contribution < 1.29 is 14.6 Å². The molecule has 3 aromatic carbocycles. The molecule has 0 aromatic heterocycles. The Labute approximate surface area is 208 Å². The molecule has 4 rings (SSSR count). The largest absolute Gasteiger partial charge is 0.496 e. The molecule has 0 bridgehead atoms. The van der Waals surface area contributed by atoms with E-state index < -0.39 is 5.97 Å². The third kappa shape index (κ3) is 5.75. The summed E-state index contributed by atoms with van der Waals surface area (Å²) in [4.78, 5) is 11.7. The van der Waals surface area contributed by atoms with Crippen LogP contribution in [0.3, 0.4) is 0 Å². The van der Waals surface area contributed by atoms with Gasteiger partial charge < -0.3 is 20.5 Å². The zero-order chi connectivity index (χ0) is 24.8. The van der Waals surface area contributed by atoms with Gasteiger partial charge in [0.15, 0.2) is 0 Å². The van der Waals surface area contributed by atoms with Crippen molar-refractivity contribution in [3.63, 3.8) is 0 Å². The van der Waals surface area contributed by atoms with Crippen LogP contribution < -0.4 is 15.4 Å². The summed E-state index contributed by atoms with van der Waals surface area (Å²) in [5.41, 5.74) is 4.72. The highest BCUT2D eigenvalue weighted by atomic mass is 16.5. The van der Waals surface area contributed by atoms with Gasteiger partial charge in [-0.25, -0.2) is 0 Å². The van der Waals surface area contributed by atoms with Crippen molar-refractivity contribution in [2.45, 2.75) is 50.7 Å². The van der Waals surface area contributed by atoms with Crippen LogP contribution in [-0.2, 0) is 11.3 Å². The number of hydrogen-bond acceptors (Lipinski definition) is 4. The molecule has 0 radical (unpaired) electrons. The highest BCUT2D eigenvalue weighted by Crippen LogP contribution is 2.36. The van der Waals surface area contributed by atoms with E-state index >= 15 is 0 Å². The van der Waals surface area contributed by atoms with Gasteiger partial charge in [0, 0.05) is 36.7 Å². The van der Waals surface area contributed by atoms with Gasteiger partial charge in [0.1, 0.15) is 5.75 Å². The normalized spacial score (nSPS) is 19.9. The van der Waals surface area contributed by atoms with Crippen molar-refractivity contribution in [1.29, 1.82) is 0 Å². The van der Waals surface area contributed by atoms with Crippen molar-refractivity contribution in [3.8, 4) is 5.75 Å². The number of hydrogen-bond donors (Lipinski definition) is 3. The molecule has 1 saturated heterocycles. The maximum absolute atomic E-state index is 11.7. The average molecular weight is 473 g/mol. The highest BCUT2D eigenvalue weighted by Gasteiger charge is 2.41. The number of carboxylic acid groups (broad SMARTS) is 1. The van der Waals surface area contributed by atoms with Crippen molar-refractivity contribution in [1.82, 2.24) is 10.6 Å². The smallest absolute Gasteiger partial charge is 0.303 e. The first kappa shape index (κ1) is 25.0. The summed E-state index contributed by atoms with van der Waals surface area (Å²) in [6.07, 6.45) is 0.126. The lowest BCUT2D eigenvalue weighted by atomic mass is 9.80. The molecule has 5 heteroatoms. The Morgan fingerprint density at radius 2 is 1.63 bits per heavy atom. The molecule has 1 aliphatic heterocycles. The second kappa shape index (κ2) is 11.5. The van der Waals surface area contributed by atoms with E-state index in [0.717, 1.165) is 11.3 Å². The Bertz CT molecular complexity index is 1060. The lowest BCUT2D eigenvalue weighted by molar-refractivity contribution is -0.138. The summed E-state index contributed by atoms with van der Waals surface area (Å²) in [6.45, 7) is 5.60. The second-order valence-corrected chi connectivity index (χ2v) is 9.69. The van der Waals surface area contributed by atoms with Crippen molar-refractivity contribution in [2.75, 3.05) is 13.7 Å². The molecule has 3 unspecified atom stereocenters. The number of methoxy groups -OCH3 is 1. The van der Waals surface area contributed by atoms with Crippen molar-refractivity contribution in [2.24, 2.45) is 5.92 Å². The quantitative estimate of drug-likeness (QED) is 0.380.